The van der Waals surface area contributed by atoms with Gasteiger partial charge < -0.3 is 0 Å². The lowest BCUT2D eigenvalue weighted by atomic mass is 9.95. The number of hydrogen-bond donors (Lipinski definition) is 1. The number of carbonyl (C=O) groups excluding carboxylic acids is 1. The molecule has 0 amide bonds. The lowest BCUT2D eigenvalue weighted by Gasteiger charge is -2.19. The van der Waals surface area contributed by atoms with Crippen molar-refractivity contribution in [3.8, 4) is 0 Å². The zero-order chi connectivity index (χ0) is 20.0. The van der Waals surface area contributed by atoms with Gasteiger partial charge in [0.05, 0.1) is 16.1 Å². The Hall–Kier alpha value is -2.60. The van der Waals surface area contributed by atoms with Gasteiger partial charge in [-0.1, -0.05) is 44.5 Å². The van der Waals surface area contributed by atoms with Crippen molar-refractivity contribution < 1.29 is 13.2 Å². The van der Waals surface area contributed by atoms with Crippen LogP contribution in [0.1, 0.15) is 36.7 Å². The molecular formula is C21H24N2O3S. The summed E-state index contributed by atoms with van der Waals surface area (Å²) in [6.45, 7) is 9.36. The minimum absolute atomic E-state index is 0.0983. The van der Waals surface area contributed by atoms with Crippen molar-refractivity contribution in [3.05, 3.63) is 59.8 Å². The van der Waals surface area contributed by atoms with Crippen LogP contribution in [-0.2, 0) is 10.0 Å². The van der Waals surface area contributed by atoms with Gasteiger partial charge in [0.1, 0.15) is 0 Å². The number of benzene rings is 2. The molecule has 0 fully saturated rings. The van der Waals surface area contributed by atoms with Gasteiger partial charge in [-0.25, -0.2) is 8.42 Å². The van der Waals surface area contributed by atoms with Gasteiger partial charge >= 0.3 is 0 Å². The van der Waals surface area contributed by atoms with E-state index in [1.807, 2.05) is 46.8 Å². The maximum absolute atomic E-state index is 12.9. The molecule has 1 N–H and O–H groups in total. The summed E-state index contributed by atoms with van der Waals surface area (Å²) >= 11 is 0. The molecule has 0 atom stereocenters. The SMILES string of the molecule is Cc1ccc(S(=O)(=O)Nc2ccc(C)c3ccn(C(=O)C(C)(C)C)c23)cc1. The van der Waals surface area contributed by atoms with Gasteiger partial charge in [0, 0.05) is 17.0 Å². The number of fused-ring (bicyclic) bond motifs is 1. The molecule has 0 aliphatic heterocycles. The van der Waals surface area contributed by atoms with Crippen LogP contribution in [-0.4, -0.2) is 18.9 Å². The number of aryl methyl sites for hydroxylation is 2. The molecule has 3 rings (SSSR count). The molecule has 0 aliphatic rings. The third-order valence-electron chi connectivity index (χ3n) is 4.50. The number of aromatic nitrogens is 1. The summed E-state index contributed by atoms with van der Waals surface area (Å²) in [6.07, 6.45) is 1.70. The summed E-state index contributed by atoms with van der Waals surface area (Å²) < 4.78 is 29.9. The summed E-state index contributed by atoms with van der Waals surface area (Å²) in [5, 5.41) is 0.844. The van der Waals surface area contributed by atoms with Crippen LogP contribution in [0.4, 0.5) is 5.69 Å². The molecule has 1 aromatic heterocycles. The minimum atomic E-state index is -3.76. The average Bonchev–Trinajstić information content (AvgIpc) is 3.02. The van der Waals surface area contributed by atoms with Crippen molar-refractivity contribution in [2.75, 3.05) is 4.72 Å². The largest absolute Gasteiger partial charge is 0.285 e. The number of anilines is 1. The Morgan fingerprint density at radius 2 is 1.59 bits per heavy atom. The van der Waals surface area contributed by atoms with Gasteiger partial charge in [0.25, 0.3) is 10.0 Å². The normalized spacial score (nSPS) is 12.3. The molecule has 0 spiro atoms. The van der Waals surface area contributed by atoms with E-state index in [1.54, 1.807) is 36.5 Å². The maximum atomic E-state index is 12.9. The first-order valence-corrected chi connectivity index (χ1v) is 10.2. The van der Waals surface area contributed by atoms with E-state index in [9.17, 15) is 13.2 Å². The molecule has 2 aromatic carbocycles. The Morgan fingerprint density at radius 3 is 2.19 bits per heavy atom. The van der Waals surface area contributed by atoms with Crippen LogP contribution in [0, 0.1) is 19.3 Å². The number of sulfonamides is 1. The average molecular weight is 385 g/mol. The van der Waals surface area contributed by atoms with E-state index in [0.29, 0.717) is 11.2 Å². The Morgan fingerprint density at radius 1 is 0.963 bits per heavy atom. The second kappa shape index (κ2) is 6.53. The number of nitrogens with zero attached hydrogens (tertiary/aromatic N) is 1. The predicted molar refractivity (Wildman–Crippen MR) is 109 cm³/mol. The molecule has 3 aromatic rings. The van der Waals surface area contributed by atoms with E-state index in [4.69, 9.17) is 0 Å². The summed E-state index contributed by atoms with van der Waals surface area (Å²) in [6, 6.07) is 12.1. The topological polar surface area (TPSA) is 68.2 Å². The van der Waals surface area contributed by atoms with Gasteiger partial charge in [-0.05, 0) is 43.7 Å². The van der Waals surface area contributed by atoms with E-state index in [-0.39, 0.29) is 10.8 Å². The van der Waals surface area contributed by atoms with Gasteiger partial charge in [0.2, 0.25) is 5.91 Å². The van der Waals surface area contributed by atoms with E-state index >= 15 is 0 Å². The van der Waals surface area contributed by atoms with Crippen molar-refractivity contribution in [3.63, 3.8) is 0 Å². The van der Waals surface area contributed by atoms with Gasteiger partial charge in [0.15, 0.2) is 0 Å². The summed E-state index contributed by atoms with van der Waals surface area (Å²) in [5.74, 6) is -0.0983. The summed E-state index contributed by atoms with van der Waals surface area (Å²) in [5.41, 5.74) is 2.33. The fourth-order valence-corrected chi connectivity index (χ4v) is 4.00. The Labute approximate surface area is 160 Å². The molecule has 0 radical (unpaired) electrons. The summed E-state index contributed by atoms with van der Waals surface area (Å²) in [4.78, 5) is 13.0. The highest BCUT2D eigenvalue weighted by atomic mass is 32.2. The van der Waals surface area contributed by atoms with E-state index in [2.05, 4.69) is 4.72 Å². The molecule has 0 saturated carbocycles. The monoisotopic (exact) mass is 384 g/mol. The molecule has 1 heterocycles. The third kappa shape index (κ3) is 3.62. The van der Waals surface area contributed by atoms with Crippen molar-refractivity contribution >= 4 is 32.5 Å². The smallest absolute Gasteiger partial charge is 0.261 e. The molecule has 27 heavy (non-hydrogen) atoms. The van der Waals surface area contributed by atoms with Crippen molar-refractivity contribution in [2.45, 2.75) is 39.5 Å². The molecular weight excluding hydrogens is 360 g/mol. The van der Waals surface area contributed by atoms with Crippen molar-refractivity contribution in [2.24, 2.45) is 5.41 Å². The Kier molecular flexibility index (Phi) is 4.64. The molecule has 5 nitrogen and oxygen atoms in total. The lowest BCUT2D eigenvalue weighted by molar-refractivity contribution is 0.0773. The molecule has 0 saturated heterocycles. The lowest BCUT2D eigenvalue weighted by Crippen LogP contribution is -2.26. The number of rotatable bonds is 3. The molecule has 0 unspecified atom stereocenters. The van der Waals surface area contributed by atoms with Crippen LogP contribution in [0.5, 0.6) is 0 Å². The fraction of sp³-hybridized carbons (Fsp3) is 0.286. The first-order valence-electron chi connectivity index (χ1n) is 8.76. The zero-order valence-electron chi connectivity index (χ0n) is 16.2. The van der Waals surface area contributed by atoms with Crippen LogP contribution in [0.15, 0.2) is 53.6 Å². The first kappa shape index (κ1) is 19.2. The molecule has 142 valence electrons. The molecule has 0 bridgehead atoms. The highest BCUT2D eigenvalue weighted by Gasteiger charge is 2.26. The van der Waals surface area contributed by atoms with Gasteiger partial charge in [-0.3, -0.25) is 14.1 Å². The van der Waals surface area contributed by atoms with Crippen LogP contribution >= 0.6 is 0 Å². The summed E-state index contributed by atoms with van der Waals surface area (Å²) in [7, 11) is -3.76. The van der Waals surface area contributed by atoms with E-state index in [1.165, 1.54) is 4.57 Å². The predicted octanol–water partition coefficient (Wildman–Crippen LogP) is 4.75. The highest BCUT2D eigenvalue weighted by Crippen LogP contribution is 2.31. The van der Waals surface area contributed by atoms with E-state index in [0.717, 1.165) is 16.5 Å². The molecule has 0 aliphatic carbocycles. The highest BCUT2D eigenvalue weighted by molar-refractivity contribution is 7.92. The maximum Gasteiger partial charge on any atom is 0.261 e. The minimum Gasteiger partial charge on any atom is -0.285 e. The van der Waals surface area contributed by atoms with Crippen LogP contribution in [0.25, 0.3) is 10.9 Å². The first-order chi connectivity index (χ1) is 12.5. The Bertz CT molecular complexity index is 1120. The number of carbonyl (C=O) groups is 1. The van der Waals surface area contributed by atoms with Crippen LogP contribution < -0.4 is 4.72 Å². The van der Waals surface area contributed by atoms with Crippen LogP contribution in [0.2, 0.25) is 0 Å². The van der Waals surface area contributed by atoms with Crippen molar-refractivity contribution in [1.82, 2.24) is 4.57 Å². The second-order valence-electron chi connectivity index (χ2n) is 7.85. The Balaban J connectivity index is 2.15. The van der Waals surface area contributed by atoms with Gasteiger partial charge in [-0.2, -0.15) is 0 Å². The molecule has 6 heteroatoms. The van der Waals surface area contributed by atoms with Crippen LogP contribution in [0.3, 0.4) is 0 Å². The second-order valence-corrected chi connectivity index (χ2v) is 9.53. The van der Waals surface area contributed by atoms with Crippen molar-refractivity contribution in [1.29, 1.82) is 0 Å². The third-order valence-corrected chi connectivity index (χ3v) is 5.88. The number of nitrogens with one attached hydrogen (secondary N) is 1. The quantitative estimate of drug-likeness (QED) is 0.709. The van der Waals surface area contributed by atoms with E-state index < -0.39 is 15.4 Å². The standard InChI is InChI=1S/C21H24N2O3S/c1-14-6-9-16(10-7-14)27(25,26)22-18-11-8-15(2)17-12-13-23(19(17)18)20(24)21(3,4)5/h6-13,22H,1-5H3. The fourth-order valence-electron chi connectivity index (χ4n) is 2.94. The zero-order valence-corrected chi connectivity index (χ0v) is 17.0. The van der Waals surface area contributed by atoms with Gasteiger partial charge in [-0.15, -0.1) is 0 Å². The number of hydrogen-bond acceptors (Lipinski definition) is 3.